The van der Waals surface area contributed by atoms with Crippen molar-refractivity contribution >= 4 is 5.95 Å². The van der Waals surface area contributed by atoms with E-state index in [1.807, 2.05) is 12.4 Å². The molecule has 15 heavy (non-hydrogen) atoms. The Bertz CT molecular complexity index is 307. The van der Waals surface area contributed by atoms with Crippen molar-refractivity contribution in [1.29, 1.82) is 0 Å². The summed E-state index contributed by atoms with van der Waals surface area (Å²) < 4.78 is 7.29. The van der Waals surface area contributed by atoms with Crippen LogP contribution in [0, 0.1) is 0 Å². The SMILES string of the molecule is COCC(C)n1ccnc1NC1CCC1. The lowest BCUT2D eigenvalue weighted by molar-refractivity contribution is 0.163. The molecule has 2 rings (SSSR count). The highest BCUT2D eigenvalue weighted by Crippen LogP contribution is 2.23. The number of nitrogens with one attached hydrogen (secondary N) is 1. The molecule has 1 aromatic rings. The Hall–Kier alpha value is -1.03. The lowest BCUT2D eigenvalue weighted by atomic mass is 9.93. The van der Waals surface area contributed by atoms with Crippen molar-refractivity contribution in [3.63, 3.8) is 0 Å². The Morgan fingerprint density at radius 1 is 1.67 bits per heavy atom. The first-order chi connectivity index (χ1) is 7.31. The van der Waals surface area contributed by atoms with Gasteiger partial charge in [-0.25, -0.2) is 4.98 Å². The number of rotatable bonds is 5. The van der Waals surface area contributed by atoms with Crippen molar-refractivity contribution < 1.29 is 4.74 Å². The Kier molecular flexibility index (Phi) is 3.26. The second-order valence-corrected chi connectivity index (χ2v) is 4.23. The zero-order chi connectivity index (χ0) is 10.7. The molecule has 0 aliphatic heterocycles. The van der Waals surface area contributed by atoms with Gasteiger partial charge in [0.2, 0.25) is 5.95 Å². The molecule has 1 unspecified atom stereocenters. The van der Waals surface area contributed by atoms with Gasteiger partial charge in [-0.15, -0.1) is 0 Å². The number of anilines is 1. The molecule has 0 bridgehead atoms. The normalized spacial score (nSPS) is 18.5. The fourth-order valence-electron chi connectivity index (χ4n) is 1.84. The van der Waals surface area contributed by atoms with E-state index in [1.54, 1.807) is 7.11 Å². The van der Waals surface area contributed by atoms with Crippen molar-refractivity contribution in [1.82, 2.24) is 9.55 Å². The number of ether oxygens (including phenoxy) is 1. The number of hydrogen-bond donors (Lipinski definition) is 1. The van der Waals surface area contributed by atoms with Crippen LogP contribution in [-0.2, 0) is 4.74 Å². The molecule has 84 valence electrons. The molecule has 4 nitrogen and oxygen atoms in total. The van der Waals surface area contributed by atoms with Gasteiger partial charge in [-0.2, -0.15) is 0 Å². The van der Waals surface area contributed by atoms with Gasteiger partial charge in [-0.1, -0.05) is 0 Å². The standard InChI is InChI=1S/C11H19N3O/c1-9(8-15-2)14-7-6-12-11(14)13-10-4-3-5-10/h6-7,9-10H,3-5,8H2,1-2H3,(H,12,13). The van der Waals surface area contributed by atoms with Crippen LogP contribution in [0.1, 0.15) is 32.2 Å². The summed E-state index contributed by atoms with van der Waals surface area (Å²) in [6.07, 6.45) is 7.72. The van der Waals surface area contributed by atoms with E-state index in [0.717, 1.165) is 12.6 Å². The number of aromatic nitrogens is 2. The van der Waals surface area contributed by atoms with Gasteiger partial charge in [0.15, 0.2) is 0 Å². The molecule has 1 fully saturated rings. The van der Waals surface area contributed by atoms with Crippen LogP contribution in [0.4, 0.5) is 5.95 Å². The van der Waals surface area contributed by atoms with E-state index in [1.165, 1.54) is 19.3 Å². The lowest BCUT2D eigenvalue weighted by Crippen LogP contribution is -2.29. The summed E-state index contributed by atoms with van der Waals surface area (Å²) in [7, 11) is 1.73. The third-order valence-corrected chi connectivity index (χ3v) is 2.99. The first kappa shape index (κ1) is 10.5. The Morgan fingerprint density at radius 2 is 2.47 bits per heavy atom. The van der Waals surface area contributed by atoms with Gasteiger partial charge < -0.3 is 14.6 Å². The number of nitrogens with zero attached hydrogens (tertiary/aromatic N) is 2. The predicted octanol–water partition coefficient (Wildman–Crippen LogP) is 2.05. The van der Waals surface area contributed by atoms with Crippen LogP contribution in [0.5, 0.6) is 0 Å². The highest BCUT2D eigenvalue weighted by Gasteiger charge is 2.19. The molecular formula is C11H19N3O. The molecule has 4 heteroatoms. The van der Waals surface area contributed by atoms with Crippen molar-refractivity contribution in [2.45, 2.75) is 38.3 Å². The smallest absolute Gasteiger partial charge is 0.203 e. The van der Waals surface area contributed by atoms with Gasteiger partial charge in [0.25, 0.3) is 0 Å². The van der Waals surface area contributed by atoms with E-state index in [4.69, 9.17) is 4.74 Å². The molecule has 1 aliphatic rings. The maximum absolute atomic E-state index is 5.15. The van der Waals surface area contributed by atoms with Crippen LogP contribution >= 0.6 is 0 Å². The fourth-order valence-corrected chi connectivity index (χ4v) is 1.84. The molecule has 1 atom stereocenters. The van der Waals surface area contributed by atoms with Crippen LogP contribution < -0.4 is 5.32 Å². The summed E-state index contributed by atoms with van der Waals surface area (Å²) in [5.41, 5.74) is 0. The van der Waals surface area contributed by atoms with Gasteiger partial charge in [0.05, 0.1) is 12.6 Å². The molecule has 0 amide bonds. The largest absolute Gasteiger partial charge is 0.383 e. The highest BCUT2D eigenvalue weighted by atomic mass is 16.5. The van der Waals surface area contributed by atoms with Crippen molar-refractivity contribution in [3.8, 4) is 0 Å². The average molecular weight is 209 g/mol. The zero-order valence-electron chi connectivity index (χ0n) is 9.44. The van der Waals surface area contributed by atoms with Crippen LogP contribution in [0.15, 0.2) is 12.4 Å². The summed E-state index contributed by atoms with van der Waals surface area (Å²) >= 11 is 0. The summed E-state index contributed by atoms with van der Waals surface area (Å²) in [6, 6.07) is 0.959. The van der Waals surface area contributed by atoms with Crippen LogP contribution in [0.2, 0.25) is 0 Å². The minimum atomic E-state index is 0.333. The van der Waals surface area contributed by atoms with E-state index < -0.39 is 0 Å². The Balaban J connectivity index is 2.00. The lowest BCUT2D eigenvalue weighted by Gasteiger charge is -2.28. The summed E-state index contributed by atoms with van der Waals surface area (Å²) in [5, 5.41) is 3.46. The van der Waals surface area contributed by atoms with Crippen LogP contribution in [0.25, 0.3) is 0 Å². The molecule has 0 radical (unpaired) electrons. The highest BCUT2D eigenvalue weighted by molar-refractivity contribution is 5.29. The maximum Gasteiger partial charge on any atom is 0.203 e. The summed E-state index contributed by atoms with van der Waals surface area (Å²) in [6.45, 7) is 2.85. The number of imidazole rings is 1. The van der Waals surface area contributed by atoms with Crippen LogP contribution in [-0.4, -0.2) is 29.3 Å². The molecule has 1 heterocycles. The monoisotopic (exact) mass is 209 g/mol. The number of methoxy groups -OCH3 is 1. The van der Waals surface area contributed by atoms with Crippen molar-refractivity contribution in [3.05, 3.63) is 12.4 Å². The van der Waals surface area contributed by atoms with Gasteiger partial charge in [0, 0.05) is 25.5 Å². The minimum Gasteiger partial charge on any atom is -0.383 e. The minimum absolute atomic E-state index is 0.333. The molecule has 0 spiro atoms. The molecule has 1 aliphatic carbocycles. The first-order valence-corrected chi connectivity index (χ1v) is 5.59. The van der Waals surface area contributed by atoms with E-state index in [9.17, 15) is 0 Å². The Morgan fingerprint density at radius 3 is 3.07 bits per heavy atom. The zero-order valence-corrected chi connectivity index (χ0v) is 9.44. The molecule has 0 saturated heterocycles. The third kappa shape index (κ3) is 2.31. The first-order valence-electron chi connectivity index (χ1n) is 5.59. The van der Waals surface area contributed by atoms with Gasteiger partial charge in [-0.05, 0) is 26.2 Å². The van der Waals surface area contributed by atoms with Gasteiger partial charge >= 0.3 is 0 Å². The fraction of sp³-hybridized carbons (Fsp3) is 0.727. The molecule has 0 aromatic carbocycles. The molecule has 1 N–H and O–H groups in total. The van der Waals surface area contributed by atoms with E-state index in [-0.39, 0.29) is 0 Å². The second-order valence-electron chi connectivity index (χ2n) is 4.23. The van der Waals surface area contributed by atoms with Crippen molar-refractivity contribution in [2.24, 2.45) is 0 Å². The number of hydrogen-bond acceptors (Lipinski definition) is 3. The second kappa shape index (κ2) is 4.66. The average Bonchev–Trinajstić information content (AvgIpc) is 2.59. The van der Waals surface area contributed by atoms with Crippen LogP contribution in [0.3, 0.4) is 0 Å². The quantitative estimate of drug-likeness (QED) is 0.806. The van der Waals surface area contributed by atoms with E-state index in [0.29, 0.717) is 12.1 Å². The predicted molar refractivity (Wildman–Crippen MR) is 60.1 cm³/mol. The van der Waals surface area contributed by atoms with E-state index in [2.05, 4.69) is 21.8 Å². The topological polar surface area (TPSA) is 39.1 Å². The van der Waals surface area contributed by atoms with Crippen molar-refractivity contribution in [2.75, 3.05) is 19.0 Å². The molecular weight excluding hydrogens is 190 g/mol. The Labute approximate surface area is 90.6 Å². The van der Waals surface area contributed by atoms with Gasteiger partial charge in [-0.3, -0.25) is 0 Å². The summed E-state index contributed by atoms with van der Waals surface area (Å²) in [5.74, 6) is 0.976. The van der Waals surface area contributed by atoms with Gasteiger partial charge in [0.1, 0.15) is 0 Å². The summed E-state index contributed by atoms with van der Waals surface area (Å²) in [4.78, 5) is 4.34. The molecule has 1 saturated carbocycles. The van der Waals surface area contributed by atoms with E-state index >= 15 is 0 Å². The molecule has 1 aromatic heterocycles. The maximum atomic E-state index is 5.15. The third-order valence-electron chi connectivity index (χ3n) is 2.99.